The number of methoxy groups -OCH3 is 2. The van der Waals surface area contributed by atoms with E-state index in [2.05, 4.69) is 20.8 Å². The standard InChI is InChI=1S/C19H26O4/c1-18(2,3)14-8-11-16(20)19(12-14,17(21)23-5)13-6-9-15(22-4)10-7-13/h6-7,9-10,14H,8,11-12H2,1-5H3/t14-,19+/m0/s1. The lowest BCUT2D eigenvalue weighted by molar-refractivity contribution is -0.155. The maximum atomic E-state index is 12.8. The van der Waals surface area contributed by atoms with Gasteiger partial charge < -0.3 is 9.47 Å². The molecular formula is C19H26O4. The van der Waals surface area contributed by atoms with Gasteiger partial charge in [-0.2, -0.15) is 0 Å². The van der Waals surface area contributed by atoms with Gasteiger partial charge in [-0.25, -0.2) is 0 Å². The maximum absolute atomic E-state index is 12.8. The van der Waals surface area contributed by atoms with Gasteiger partial charge in [0.15, 0.2) is 11.2 Å². The van der Waals surface area contributed by atoms with E-state index in [0.29, 0.717) is 24.2 Å². The number of Topliss-reactive ketones (excluding diaryl/α,β-unsaturated/α-hetero) is 1. The van der Waals surface area contributed by atoms with E-state index in [1.54, 1.807) is 31.4 Å². The number of benzene rings is 1. The summed E-state index contributed by atoms with van der Waals surface area (Å²) in [5, 5.41) is 0. The van der Waals surface area contributed by atoms with E-state index in [1.807, 2.05) is 0 Å². The molecular weight excluding hydrogens is 292 g/mol. The van der Waals surface area contributed by atoms with Gasteiger partial charge in [-0.1, -0.05) is 32.9 Å². The number of esters is 1. The quantitative estimate of drug-likeness (QED) is 0.632. The lowest BCUT2D eigenvalue weighted by Gasteiger charge is -2.42. The van der Waals surface area contributed by atoms with Crippen molar-refractivity contribution in [2.24, 2.45) is 11.3 Å². The van der Waals surface area contributed by atoms with Crippen LogP contribution in [0.15, 0.2) is 24.3 Å². The number of rotatable bonds is 3. The molecule has 1 fully saturated rings. The minimum atomic E-state index is -1.20. The molecule has 1 aromatic carbocycles. The molecule has 0 radical (unpaired) electrons. The lowest BCUT2D eigenvalue weighted by Crippen LogP contribution is -2.50. The molecule has 0 bridgehead atoms. The molecule has 2 rings (SSSR count). The van der Waals surface area contributed by atoms with Crippen molar-refractivity contribution in [1.29, 1.82) is 0 Å². The molecule has 126 valence electrons. The van der Waals surface area contributed by atoms with E-state index in [1.165, 1.54) is 7.11 Å². The first-order valence-corrected chi connectivity index (χ1v) is 8.02. The van der Waals surface area contributed by atoms with Crippen molar-refractivity contribution in [1.82, 2.24) is 0 Å². The van der Waals surface area contributed by atoms with Crippen LogP contribution in [0.1, 0.15) is 45.6 Å². The zero-order chi connectivity index (χ0) is 17.3. The zero-order valence-electron chi connectivity index (χ0n) is 14.6. The second kappa shape index (κ2) is 6.34. The second-order valence-corrected chi connectivity index (χ2v) is 7.35. The second-order valence-electron chi connectivity index (χ2n) is 7.35. The number of hydrogen-bond acceptors (Lipinski definition) is 4. The molecule has 4 heteroatoms. The van der Waals surface area contributed by atoms with Crippen LogP contribution in [0, 0.1) is 11.3 Å². The SMILES string of the molecule is COC(=O)[C@@]1(c2ccc(OC)cc2)C[C@@H](C(C)(C)C)CCC1=O. The maximum Gasteiger partial charge on any atom is 0.323 e. The topological polar surface area (TPSA) is 52.6 Å². The fraction of sp³-hybridized carbons (Fsp3) is 0.579. The molecule has 1 saturated carbocycles. The summed E-state index contributed by atoms with van der Waals surface area (Å²) in [4.78, 5) is 25.5. The van der Waals surface area contributed by atoms with Gasteiger partial charge in [-0.05, 0) is 41.9 Å². The lowest BCUT2D eigenvalue weighted by atomic mass is 9.59. The Hall–Kier alpha value is -1.84. The minimum Gasteiger partial charge on any atom is -0.497 e. The summed E-state index contributed by atoms with van der Waals surface area (Å²) < 4.78 is 10.2. The third-order valence-corrected chi connectivity index (χ3v) is 5.09. The molecule has 1 aliphatic rings. The van der Waals surface area contributed by atoms with Crippen LogP contribution in [0.25, 0.3) is 0 Å². The average molecular weight is 318 g/mol. The molecule has 0 saturated heterocycles. The molecule has 1 aliphatic carbocycles. The highest BCUT2D eigenvalue weighted by atomic mass is 16.5. The van der Waals surface area contributed by atoms with Crippen LogP contribution in [0.5, 0.6) is 5.75 Å². The van der Waals surface area contributed by atoms with Gasteiger partial charge in [0.25, 0.3) is 0 Å². The highest BCUT2D eigenvalue weighted by Crippen LogP contribution is 2.47. The van der Waals surface area contributed by atoms with Crippen molar-refractivity contribution >= 4 is 11.8 Å². The molecule has 23 heavy (non-hydrogen) atoms. The van der Waals surface area contributed by atoms with Crippen LogP contribution >= 0.6 is 0 Å². The Bertz CT molecular complexity index is 572. The van der Waals surface area contributed by atoms with E-state index in [-0.39, 0.29) is 17.1 Å². The van der Waals surface area contributed by atoms with Crippen molar-refractivity contribution in [3.05, 3.63) is 29.8 Å². The van der Waals surface area contributed by atoms with Crippen molar-refractivity contribution in [3.63, 3.8) is 0 Å². The van der Waals surface area contributed by atoms with Crippen LogP contribution in [0.2, 0.25) is 0 Å². The van der Waals surface area contributed by atoms with Crippen molar-refractivity contribution in [2.45, 2.75) is 45.4 Å². The fourth-order valence-corrected chi connectivity index (χ4v) is 3.49. The summed E-state index contributed by atoms with van der Waals surface area (Å²) in [6.07, 6.45) is 1.72. The Morgan fingerprint density at radius 2 is 1.78 bits per heavy atom. The fourth-order valence-electron chi connectivity index (χ4n) is 3.49. The van der Waals surface area contributed by atoms with Crippen molar-refractivity contribution < 1.29 is 19.1 Å². The third-order valence-electron chi connectivity index (χ3n) is 5.09. The van der Waals surface area contributed by atoms with E-state index in [0.717, 1.165) is 6.42 Å². The van der Waals surface area contributed by atoms with Gasteiger partial charge in [0.05, 0.1) is 14.2 Å². The molecule has 0 heterocycles. The summed E-state index contributed by atoms with van der Waals surface area (Å²) in [5.41, 5.74) is -0.465. The van der Waals surface area contributed by atoms with Crippen LogP contribution in [-0.4, -0.2) is 26.0 Å². The Morgan fingerprint density at radius 3 is 2.26 bits per heavy atom. The molecule has 0 unspecified atom stereocenters. The summed E-state index contributed by atoms with van der Waals surface area (Å²) in [5.74, 6) is 0.474. The molecule has 0 amide bonds. The van der Waals surface area contributed by atoms with Crippen LogP contribution in [0.4, 0.5) is 0 Å². The van der Waals surface area contributed by atoms with Crippen LogP contribution in [-0.2, 0) is 19.7 Å². The molecule has 4 nitrogen and oxygen atoms in total. The van der Waals surface area contributed by atoms with Crippen molar-refractivity contribution in [2.75, 3.05) is 14.2 Å². The van der Waals surface area contributed by atoms with E-state index >= 15 is 0 Å². The van der Waals surface area contributed by atoms with Gasteiger partial charge >= 0.3 is 5.97 Å². The predicted molar refractivity (Wildman–Crippen MR) is 88.5 cm³/mol. The first-order chi connectivity index (χ1) is 10.8. The molecule has 2 atom stereocenters. The van der Waals surface area contributed by atoms with E-state index in [4.69, 9.17) is 9.47 Å². The van der Waals surface area contributed by atoms with Gasteiger partial charge in [0, 0.05) is 6.42 Å². The first-order valence-electron chi connectivity index (χ1n) is 8.02. The monoisotopic (exact) mass is 318 g/mol. The van der Waals surface area contributed by atoms with Crippen LogP contribution in [0.3, 0.4) is 0 Å². The average Bonchev–Trinajstić information content (AvgIpc) is 2.53. The Balaban J connectivity index is 2.52. The molecule has 0 aliphatic heterocycles. The molecule has 0 N–H and O–H groups in total. The van der Waals surface area contributed by atoms with Gasteiger partial charge in [-0.3, -0.25) is 9.59 Å². The Kier molecular flexibility index (Phi) is 4.83. The number of ketones is 1. The van der Waals surface area contributed by atoms with Gasteiger partial charge in [0.1, 0.15) is 5.75 Å². The number of hydrogen-bond donors (Lipinski definition) is 0. The highest BCUT2D eigenvalue weighted by molar-refractivity contribution is 6.10. The third kappa shape index (κ3) is 3.12. The van der Waals surface area contributed by atoms with Gasteiger partial charge in [0.2, 0.25) is 0 Å². The van der Waals surface area contributed by atoms with E-state index in [9.17, 15) is 9.59 Å². The summed E-state index contributed by atoms with van der Waals surface area (Å²) >= 11 is 0. The normalized spacial score (nSPS) is 25.1. The zero-order valence-corrected chi connectivity index (χ0v) is 14.6. The molecule has 0 spiro atoms. The number of carbonyl (C=O) groups excluding carboxylic acids is 2. The number of carbonyl (C=O) groups is 2. The van der Waals surface area contributed by atoms with Gasteiger partial charge in [-0.15, -0.1) is 0 Å². The summed E-state index contributed by atoms with van der Waals surface area (Å²) in [6, 6.07) is 7.18. The van der Waals surface area contributed by atoms with Crippen molar-refractivity contribution in [3.8, 4) is 5.75 Å². The Labute approximate surface area is 138 Å². The number of ether oxygens (including phenoxy) is 2. The highest BCUT2D eigenvalue weighted by Gasteiger charge is 2.53. The minimum absolute atomic E-state index is 0.0342. The Morgan fingerprint density at radius 1 is 1.17 bits per heavy atom. The predicted octanol–water partition coefficient (Wildman–Crippen LogP) is 3.52. The largest absolute Gasteiger partial charge is 0.497 e. The summed E-state index contributed by atoms with van der Waals surface area (Å²) in [7, 11) is 2.94. The molecule has 0 aromatic heterocycles. The first kappa shape index (κ1) is 17.5. The molecule has 1 aromatic rings. The van der Waals surface area contributed by atoms with Crippen LogP contribution < -0.4 is 4.74 Å². The smallest absolute Gasteiger partial charge is 0.323 e. The summed E-state index contributed by atoms with van der Waals surface area (Å²) in [6.45, 7) is 6.47. The van der Waals surface area contributed by atoms with E-state index < -0.39 is 11.4 Å².